The molecule has 0 amide bonds. The van der Waals surface area contributed by atoms with Gasteiger partial charge in [0.05, 0.1) is 11.7 Å². The fraction of sp³-hybridized carbons (Fsp3) is 0.389. The van der Waals surface area contributed by atoms with Crippen LogP contribution in [0.5, 0.6) is 0 Å². The molecule has 2 heteroatoms. The van der Waals surface area contributed by atoms with Crippen LogP contribution in [-0.4, -0.2) is 4.98 Å². The summed E-state index contributed by atoms with van der Waals surface area (Å²) < 4.78 is 0. The predicted molar refractivity (Wildman–Crippen MR) is 85.9 cm³/mol. The highest BCUT2D eigenvalue weighted by Gasteiger charge is 2.20. The molecule has 106 valence electrons. The maximum atomic E-state index is 4.26. The summed E-state index contributed by atoms with van der Waals surface area (Å²) in [6, 6.07) is 13.1. The van der Waals surface area contributed by atoms with Crippen molar-refractivity contribution in [3.05, 3.63) is 59.9 Å². The van der Waals surface area contributed by atoms with Crippen LogP contribution in [0.25, 0.3) is 0 Å². The molecule has 1 heterocycles. The molecule has 1 aromatic carbocycles. The number of rotatable bonds is 4. The standard InChI is InChI=1S/C18H24N2/c1-14-10-16(13-19-12-14)20-17(11-18(2,3)4)15-8-6-5-7-9-15/h5-10,12-13,17,20H,11H2,1-4H3. The summed E-state index contributed by atoms with van der Waals surface area (Å²) >= 11 is 0. The summed E-state index contributed by atoms with van der Waals surface area (Å²) in [6.45, 7) is 8.90. The summed E-state index contributed by atoms with van der Waals surface area (Å²) in [5, 5.41) is 3.63. The summed E-state index contributed by atoms with van der Waals surface area (Å²) in [5.74, 6) is 0. The molecule has 0 aliphatic carbocycles. The van der Waals surface area contributed by atoms with Gasteiger partial charge in [0.25, 0.3) is 0 Å². The van der Waals surface area contributed by atoms with E-state index in [4.69, 9.17) is 0 Å². The monoisotopic (exact) mass is 268 g/mol. The van der Waals surface area contributed by atoms with Crippen LogP contribution >= 0.6 is 0 Å². The van der Waals surface area contributed by atoms with Crippen molar-refractivity contribution in [2.24, 2.45) is 5.41 Å². The Morgan fingerprint density at radius 3 is 2.40 bits per heavy atom. The van der Waals surface area contributed by atoms with Crippen LogP contribution in [-0.2, 0) is 0 Å². The van der Waals surface area contributed by atoms with E-state index in [1.165, 1.54) is 11.1 Å². The SMILES string of the molecule is Cc1cncc(NC(CC(C)(C)C)c2ccccc2)c1. The molecule has 1 unspecified atom stereocenters. The molecule has 0 saturated carbocycles. The summed E-state index contributed by atoms with van der Waals surface area (Å²) in [6.07, 6.45) is 4.85. The maximum Gasteiger partial charge on any atom is 0.0534 e. The molecule has 20 heavy (non-hydrogen) atoms. The van der Waals surface area contributed by atoms with E-state index >= 15 is 0 Å². The van der Waals surface area contributed by atoms with Crippen LogP contribution in [0.2, 0.25) is 0 Å². The van der Waals surface area contributed by atoms with Crippen molar-refractivity contribution in [1.29, 1.82) is 0 Å². The van der Waals surface area contributed by atoms with Gasteiger partial charge in [-0.3, -0.25) is 4.98 Å². The Labute approximate surface area is 122 Å². The third kappa shape index (κ3) is 4.37. The van der Waals surface area contributed by atoms with Gasteiger partial charge >= 0.3 is 0 Å². The largest absolute Gasteiger partial charge is 0.377 e. The van der Waals surface area contributed by atoms with Gasteiger partial charge in [0.15, 0.2) is 0 Å². The van der Waals surface area contributed by atoms with Crippen LogP contribution in [0.15, 0.2) is 48.8 Å². The summed E-state index contributed by atoms with van der Waals surface area (Å²) in [4.78, 5) is 4.26. The number of hydrogen-bond acceptors (Lipinski definition) is 2. The molecule has 0 fully saturated rings. The molecule has 0 spiro atoms. The molecule has 2 nitrogen and oxygen atoms in total. The number of aromatic nitrogens is 1. The minimum absolute atomic E-state index is 0.269. The molecule has 2 rings (SSSR count). The fourth-order valence-electron chi connectivity index (χ4n) is 2.39. The zero-order chi connectivity index (χ0) is 14.6. The number of anilines is 1. The first-order chi connectivity index (χ1) is 9.44. The maximum absolute atomic E-state index is 4.26. The van der Waals surface area contributed by atoms with Crippen molar-refractivity contribution in [2.75, 3.05) is 5.32 Å². The molecule has 2 aromatic rings. The molecule has 1 aromatic heterocycles. The van der Waals surface area contributed by atoms with Gasteiger partial charge in [0.1, 0.15) is 0 Å². The lowest BCUT2D eigenvalue weighted by Gasteiger charge is -2.28. The van der Waals surface area contributed by atoms with Crippen molar-refractivity contribution >= 4 is 5.69 Å². The Kier molecular flexibility index (Phi) is 4.43. The van der Waals surface area contributed by atoms with E-state index in [0.29, 0.717) is 6.04 Å². The highest BCUT2D eigenvalue weighted by Crippen LogP contribution is 2.32. The van der Waals surface area contributed by atoms with E-state index in [1.54, 1.807) is 0 Å². The zero-order valence-electron chi connectivity index (χ0n) is 12.9. The van der Waals surface area contributed by atoms with E-state index in [2.05, 4.69) is 74.4 Å². The predicted octanol–water partition coefficient (Wildman–Crippen LogP) is 4.98. The van der Waals surface area contributed by atoms with Crippen LogP contribution in [0.3, 0.4) is 0 Å². The zero-order valence-corrected chi connectivity index (χ0v) is 12.9. The fourth-order valence-corrected chi connectivity index (χ4v) is 2.39. The van der Waals surface area contributed by atoms with E-state index < -0.39 is 0 Å². The van der Waals surface area contributed by atoms with Gasteiger partial charge in [0, 0.05) is 12.4 Å². The summed E-state index contributed by atoms with van der Waals surface area (Å²) in [7, 11) is 0. The Balaban J connectivity index is 2.23. The second-order valence-corrected chi connectivity index (χ2v) is 6.62. The Morgan fingerprint density at radius 1 is 1.10 bits per heavy atom. The number of hydrogen-bond donors (Lipinski definition) is 1. The Hall–Kier alpha value is -1.83. The van der Waals surface area contributed by atoms with Gasteiger partial charge in [-0.2, -0.15) is 0 Å². The minimum atomic E-state index is 0.269. The first-order valence-corrected chi connectivity index (χ1v) is 7.17. The highest BCUT2D eigenvalue weighted by atomic mass is 14.9. The van der Waals surface area contributed by atoms with Crippen LogP contribution in [0.4, 0.5) is 5.69 Å². The molecule has 0 bridgehead atoms. The quantitative estimate of drug-likeness (QED) is 0.846. The average molecular weight is 268 g/mol. The van der Waals surface area contributed by atoms with Gasteiger partial charge < -0.3 is 5.32 Å². The number of benzene rings is 1. The molecule has 0 radical (unpaired) electrons. The van der Waals surface area contributed by atoms with Gasteiger partial charge in [0.2, 0.25) is 0 Å². The normalized spacial score (nSPS) is 13.0. The molecule has 1 N–H and O–H groups in total. The van der Waals surface area contributed by atoms with Gasteiger partial charge in [-0.05, 0) is 36.0 Å². The number of nitrogens with one attached hydrogen (secondary N) is 1. The third-order valence-corrected chi connectivity index (χ3v) is 3.23. The number of nitrogens with zero attached hydrogens (tertiary/aromatic N) is 1. The van der Waals surface area contributed by atoms with Crippen LogP contribution in [0, 0.1) is 12.3 Å². The van der Waals surface area contributed by atoms with Crippen molar-refractivity contribution < 1.29 is 0 Å². The number of pyridine rings is 1. The molecule has 1 atom stereocenters. The molecule has 0 saturated heterocycles. The van der Waals surface area contributed by atoms with Crippen LogP contribution in [0.1, 0.15) is 44.4 Å². The van der Waals surface area contributed by atoms with Crippen molar-refractivity contribution in [3.63, 3.8) is 0 Å². The van der Waals surface area contributed by atoms with E-state index in [9.17, 15) is 0 Å². The minimum Gasteiger partial charge on any atom is -0.377 e. The lowest BCUT2D eigenvalue weighted by molar-refractivity contribution is 0.352. The smallest absolute Gasteiger partial charge is 0.0534 e. The Morgan fingerprint density at radius 2 is 1.80 bits per heavy atom. The number of aryl methyl sites for hydroxylation is 1. The average Bonchev–Trinajstić information content (AvgIpc) is 2.37. The molecule has 0 aliphatic rings. The van der Waals surface area contributed by atoms with Gasteiger partial charge in [-0.25, -0.2) is 0 Å². The van der Waals surface area contributed by atoms with Crippen LogP contribution < -0.4 is 5.32 Å². The topological polar surface area (TPSA) is 24.9 Å². The van der Waals surface area contributed by atoms with E-state index in [1.807, 2.05) is 12.4 Å². The second kappa shape index (κ2) is 6.08. The first kappa shape index (κ1) is 14.6. The van der Waals surface area contributed by atoms with E-state index in [0.717, 1.165) is 12.1 Å². The molecule has 0 aliphatic heterocycles. The lowest BCUT2D eigenvalue weighted by Crippen LogP contribution is -2.18. The highest BCUT2D eigenvalue weighted by molar-refractivity contribution is 5.45. The molecular formula is C18H24N2. The molecular weight excluding hydrogens is 244 g/mol. The van der Waals surface area contributed by atoms with Gasteiger partial charge in [-0.1, -0.05) is 51.1 Å². The summed E-state index contributed by atoms with van der Waals surface area (Å²) in [5.41, 5.74) is 3.86. The Bertz CT molecular complexity index is 541. The first-order valence-electron chi connectivity index (χ1n) is 7.17. The second-order valence-electron chi connectivity index (χ2n) is 6.62. The van der Waals surface area contributed by atoms with Crippen molar-refractivity contribution in [1.82, 2.24) is 4.98 Å². The van der Waals surface area contributed by atoms with Crippen molar-refractivity contribution in [3.8, 4) is 0 Å². The van der Waals surface area contributed by atoms with Gasteiger partial charge in [-0.15, -0.1) is 0 Å². The van der Waals surface area contributed by atoms with E-state index in [-0.39, 0.29) is 5.41 Å². The lowest BCUT2D eigenvalue weighted by atomic mass is 9.85. The third-order valence-electron chi connectivity index (χ3n) is 3.23. The van der Waals surface area contributed by atoms with Crippen molar-refractivity contribution in [2.45, 2.75) is 40.2 Å².